The summed E-state index contributed by atoms with van der Waals surface area (Å²) in [6, 6.07) is 11.2. The number of rotatable bonds is 5. The molecular formula is C18H21N9O. The summed E-state index contributed by atoms with van der Waals surface area (Å²) in [7, 11) is 0. The lowest BCUT2D eigenvalue weighted by Gasteiger charge is -2.35. The minimum Gasteiger partial charge on any atom is -0.369 e. The highest BCUT2D eigenvalue weighted by atomic mass is 16.2. The number of carbonyl (C=O) groups is 1. The lowest BCUT2D eigenvalue weighted by atomic mass is 10.1. The van der Waals surface area contributed by atoms with Crippen molar-refractivity contribution < 1.29 is 4.79 Å². The van der Waals surface area contributed by atoms with Gasteiger partial charge in [-0.05, 0) is 47.7 Å². The van der Waals surface area contributed by atoms with Crippen LogP contribution in [0.25, 0.3) is 5.69 Å². The van der Waals surface area contributed by atoms with Crippen LogP contribution in [0.5, 0.6) is 0 Å². The molecule has 1 fully saturated rings. The molecule has 0 saturated carbocycles. The van der Waals surface area contributed by atoms with Gasteiger partial charge in [0.1, 0.15) is 12.1 Å². The van der Waals surface area contributed by atoms with E-state index in [2.05, 4.69) is 35.9 Å². The number of carbonyl (C=O) groups excluding carboxylic acids is 1. The number of nitrogens with zero attached hydrogens (tertiary/aromatic N) is 8. The zero-order valence-electron chi connectivity index (χ0n) is 15.6. The topological polar surface area (TPSA) is 105 Å². The molecular weight excluding hydrogens is 358 g/mol. The zero-order valence-corrected chi connectivity index (χ0v) is 15.6. The molecule has 4 rings (SSSR count). The summed E-state index contributed by atoms with van der Waals surface area (Å²) in [5, 5.41) is 22.7. The van der Waals surface area contributed by atoms with Crippen LogP contribution in [0.3, 0.4) is 0 Å². The van der Waals surface area contributed by atoms with Crippen molar-refractivity contribution in [3.63, 3.8) is 0 Å². The van der Waals surface area contributed by atoms with Crippen molar-refractivity contribution >= 4 is 17.5 Å². The second-order valence-electron chi connectivity index (χ2n) is 6.39. The van der Waals surface area contributed by atoms with Crippen LogP contribution >= 0.6 is 0 Å². The molecule has 1 N–H and O–H groups in total. The first kappa shape index (κ1) is 17.8. The van der Waals surface area contributed by atoms with E-state index in [1.165, 1.54) is 11.0 Å². The molecule has 0 spiro atoms. The third-order valence-electron chi connectivity index (χ3n) is 4.61. The Kier molecular flexibility index (Phi) is 5.09. The Morgan fingerprint density at radius 1 is 1.11 bits per heavy atom. The van der Waals surface area contributed by atoms with E-state index in [9.17, 15) is 4.79 Å². The van der Waals surface area contributed by atoms with Crippen LogP contribution < -0.4 is 10.2 Å². The molecule has 28 heavy (non-hydrogen) atoms. The van der Waals surface area contributed by atoms with Gasteiger partial charge in [-0.25, -0.2) is 4.68 Å². The van der Waals surface area contributed by atoms with Gasteiger partial charge in [0, 0.05) is 38.3 Å². The normalized spacial score (nSPS) is 14.2. The van der Waals surface area contributed by atoms with Gasteiger partial charge in [0.05, 0.1) is 5.69 Å². The number of amides is 1. The number of tetrazole rings is 1. The molecule has 1 aromatic carbocycles. The lowest BCUT2D eigenvalue weighted by Crippen LogP contribution is -2.49. The average molecular weight is 379 g/mol. The van der Waals surface area contributed by atoms with E-state index in [0.717, 1.165) is 23.9 Å². The Bertz CT molecular complexity index is 918. The molecule has 1 aliphatic heterocycles. The summed E-state index contributed by atoms with van der Waals surface area (Å²) >= 11 is 0. The molecule has 10 nitrogen and oxygen atoms in total. The van der Waals surface area contributed by atoms with Crippen LogP contribution in [0.2, 0.25) is 0 Å². The molecule has 0 atom stereocenters. The van der Waals surface area contributed by atoms with Gasteiger partial charge in [0.2, 0.25) is 0 Å². The van der Waals surface area contributed by atoms with Gasteiger partial charge in [-0.2, -0.15) is 0 Å². The summed E-state index contributed by atoms with van der Waals surface area (Å²) in [5.41, 5.74) is 1.38. The number of hydrogen-bond acceptors (Lipinski definition) is 8. The Morgan fingerprint density at radius 3 is 2.64 bits per heavy atom. The van der Waals surface area contributed by atoms with E-state index in [1.807, 2.05) is 42.2 Å². The Balaban J connectivity index is 1.39. The Labute approximate surface area is 162 Å². The third kappa shape index (κ3) is 3.75. The summed E-state index contributed by atoms with van der Waals surface area (Å²) in [4.78, 5) is 16.9. The molecule has 144 valence electrons. The van der Waals surface area contributed by atoms with Crippen LogP contribution in [-0.4, -0.2) is 73.9 Å². The van der Waals surface area contributed by atoms with Crippen molar-refractivity contribution in [3.05, 3.63) is 48.3 Å². The summed E-state index contributed by atoms with van der Waals surface area (Å²) < 4.78 is 1.53. The average Bonchev–Trinajstić information content (AvgIpc) is 3.29. The maximum atomic E-state index is 12.9. The molecule has 0 aliphatic carbocycles. The van der Waals surface area contributed by atoms with Crippen molar-refractivity contribution in [1.82, 2.24) is 35.3 Å². The number of anilines is 2. The van der Waals surface area contributed by atoms with Crippen LogP contribution in [0.4, 0.5) is 11.6 Å². The van der Waals surface area contributed by atoms with Gasteiger partial charge in [-0.3, -0.25) is 4.79 Å². The second kappa shape index (κ2) is 7.99. The van der Waals surface area contributed by atoms with Gasteiger partial charge in [0.15, 0.2) is 5.82 Å². The number of benzene rings is 1. The predicted molar refractivity (Wildman–Crippen MR) is 103 cm³/mol. The first-order valence-electron chi connectivity index (χ1n) is 9.20. The van der Waals surface area contributed by atoms with E-state index in [1.54, 1.807) is 6.07 Å². The van der Waals surface area contributed by atoms with Crippen LogP contribution in [0.1, 0.15) is 17.3 Å². The molecule has 10 heteroatoms. The van der Waals surface area contributed by atoms with Crippen LogP contribution in [0.15, 0.2) is 42.7 Å². The second-order valence-corrected chi connectivity index (χ2v) is 6.39. The monoisotopic (exact) mass is 379 g/mol. The highest BCUT2D eigenvalue weighted by Crippen LogP contribution is 2.17. The van der Waals surface area contributed by atoms with Gasteiger partial charge in [-0.1, -0.05) is 6.07 Å². The molecule has 1 saturated heterocycles. The van der Waals surface area contributed by atoms with Crippen LogP contribution in [0, 0.1) is 0 Å². The SMILES string of the molecule is CCNc1ccc(N2CCN(C(=O)c3cccc(-n4cnnn4)c3)CC2)nn1. The van der Waals surface area contributed by atoms with Crippen molar-refractivity contribution in [2.24, 2.45) is 0 Å². The fraction of sp³-hybridized carbons (Fsp3) is 0.333. The standard InChI is InChI=1S/C18H21N9O/c1-2-19-16-6-7-17(22-21-16)25-8-10-26(11-9-25)18(28)14-4-3-5-15(12-14)27-13-20-23-24-27/h3-7,12-13H,2,8-11H2,1H3,(H,19,21). The third-order valence-corrected chi connectivity index (χ3v) is 4.61. The number of piperazine rings is 1. The summed E-state index contributed by atoms with van der Waals surface area (Å²) in [6.07, 6.45) is 1.50. The highest BCUT2D eigenvalue weighted by Gasteiger charge is 2.23. The zero-order chi connectivity index (χ0) is 19.3. The molecule has 1 aliphatic rings. The number of nitrogens with one attached hydrogen (secondary N) is 1. The van der Waals surface area contributed by atoms with Crippen molar-refractivity contribution in [3.8, 4) is 5.69 Å². The fourth-order valence-electron chi connectivity index (χ4n) is 3.15. The first-order chi connectivity index (χ1) is 13.7. The minimum atomic E-state index is 0.00292. The van der Waals surface area contributed by atoms with Gasteiger partial charge < -0.3 is 15.1 Å². The van der Waals surface area contributed by atoms with Gasteiger partial charge >= 0.3 is 0 Å². The van der Waals surface area contributed by atoms with Crippen molar-refractivity contribution in [2.75, 3.05) is 42.9 Å². The van der Waals surface area contributed by atoms with E-state index >= 15 is 0 Å². The van der Waals surface area contributed by atoms with Crippen molar-refractivity contribution in [1.29, 1.82) is 0 Å². The Morgan fingerprint density at radius 2 is 1.96 bits per heavy atom. The molecule has 1 amide bonds. The summed E-state index contributed by atoms with van der Waals surface area (Å²) in [5.74, 6) is 1.60. The highest BCUT2D eigenvalue weighted by molar-refractivity contribution is 5.95. The molecule has 0 bridgehead atoms. The smallest absolute Gasteiger partial charge is 0.254 e. The van der Waals surface area contributed by atoms with E-state index in [0.29, 0.717) is 31.7 Å². The number of aromatic nitrogens is 6. The maximum absolute atomic E-state index is 12.9. The van der Waals surface area contributed by atoms with Crippen LogP contribution in [-0.2, 0) is 0 Å². The molecule has 3 heterocycles. The van der Waals surface area contributed by atoms with Crippen molar-refractivity contribution in [2.45, 2.75) is 6.92 Å². The lowest BCUT2D eigenvalue weighted by molar-refractivity contribution is 0.0746. The first-order valence-corrected chi connectivity index (χ1v) is 9.20. The molecule has 3 aromatic rings. The van der Waals surface area contributed by atoms with E-state index < -0.39 is 0 Å². The maximum Gasteiger partial charge on any atom is 0.254 e. The molecule has 0 unspecified atom stereocenters. The quantitative estimate of drug-likeness (QED) is 0.696. The molecule has 2 aromatic heterocycles. The number of hydrogen-bond donors (Lipinski definition) is 1. The molecule has 0 radical (unpaired) electrons. The van der Waals surface area contributed by atoms with E-state index in [-0.39, 0.29) is 5.91 Å². The van der Waals surface area contributed by atoms with Gasteiger partial charge in [-0.15, -0.1) is 15.3 Å². The largest absolute Gasteiger partial charge is 0.369 e. The summed E-state index contributed by atoms with van der Waals surface area (Å²) in [6.45, 7) is 5.52. The Hall–Kier alpha value is -3.56. The van der Waals surface area contributed by atoms with E-state index in [4.69, 9.17) is 0 Å². The predicted octanol–water partition coefficient (Wildman–Crippen LogP) is 0.846. The minimum absolute atomic E-state index is 0.00292. The van der Waals surface area contributed by atoms with Gasteiger partial charge in [0.25, 0.3) is 5.91 Å². The fourth-order valence-corrected chi connectivity index (χ4v) is 3.15.